The summed E-state index contributed by atoms with van der Waals surface area (Å²) in [6, 6.07) is 10.7. The third-order valence-electron chi connectivity index (χ3n) is 2.70. The van der Waals surface area contributed by atoms with Gasteiger partial charge in [-0.05, 0) is 36.8 Å². The summed E-state index contributed by atoms with van der Waals surface area (Å²) in [5, 5.41) is 14.2. The second-order valence-corrected chi connectivity index (χ2v) is 4.88. The molecule has 2 N–H and O–H groups in total. The predicted molar refractivity (Wildman–Crippen MR) is 76.6 cm³/mol. The summed E-state index contributed by atoms with van der Waals surface area (Å²) in [6.45, 7) is 2.42. The second-order valence-electron chi connectivity index (χ2n) is 4.06. The van der Waals surface area contributed by atoms with Crippen LogP contribution in [0.4, 0.5) is 5.69 Å². The van der Waals surface area contributed by atoms with Crippen molar-refractivity contribution in [1.29, 1.82) is 0 Å². The molecule has 2 aromatic carbocycles. The Morgan fingerprint density at radius 2 is 1.94 bits per heavy atom. The monoisotopic (exact) mass is 281 g/mol. The summed E-state index contributed by atoms with van der Waals surface area (Å²) >= 11 is 12.1. The van der Waals surface area contributed by atoms with Crippen molar-refractivity contribution in [3.63, 3.8) is 0 Å². The van der Waals surface area contributed by atoms with Gasteiger partial charge in [0.05, 0.1) is 10.7 Å². The molecule has 18 heavy (non-hydrogen) atoms. The van der Waals surface area contributed by atoms with Gasteiger partial charge in [-0.3, -0.25) is 0 Å². The van der Waals surface area contributed by atoms with Crippen LogP contribution in [0.3, 0.4) is 0 Å². The van der Waals surface area contributed by atoms with Gasteiger partial charge in [-0.1, -0.05) is 35.3 Å². The van der Waals surface area contributed by atoms with Crippen LogP contribution in [0.5, 0.6) is 5.75 Å². The van der Waals surface area contributed by atoms with Crippen molar-refractivity contribution in [3.8, 4) is 5.75 Å². The lowest BCUT2D eigenvalue weighted by Gasteiger charge is -2.11. The number of hydrogen-bond acceptors (Lipinski definition) is 2. The summed E-state index contributed by atoms with van der Waals surface area (Å²) in [5.41, 5.74) is 2.59. The van der Waals surface area contributed by atoms with Crippen LogP contribution in [0.1, 0.15) is 11.1 Å². The fraction of sp³-hybridized carbons (Fsp3) is 0.143. The SMILES string of the molecule is Cc1cccc(NCc2cc(Cl)ccc2O)c1Cl. The van der Waals surface area contributed by atoms with Crippen molar-refractivity contribution in [2.45, 2.75) is 13.5 Å². The average molecular weight is 282 g/mol. The van der Waals surface area contributed by atoms with Gasteiger partial charge in [0.1, 0.15) is 5.75 Å². The molecule has 0 aromatic heterocycles. The largest absolute Gasteiger partial charge is 0.508 e. The van der Waals surface area contributed by atoms with Gasteiger partial charge in [-0.2, -0.15) is 0 Å². The lowest BCUT2D eigenvalue weighted by atomic mass is 10.2. The van der Waals surface area contributed by atoms with Crippen LogP contribution in [-0.2, 0) is 6.54 Å². The smallest absolute Gasteiger partial charge is 0.120 e. The van der Waals surface area contributed by atoms with Crippen LogP contribution in [0.15, 0.2) is 36.4 Å². The summed E-state index contributed by atoms with van der Waals surface area (Å²) in [7, 11) is 0. The quantitative estimate of drug-likeness (QED) is 0.861. The van der Waals surface area contributed by atoms with Crippen molar-refractivity contribution < 1.29 is 5.11 Å². The molecule has 0 aliphatic carbocycles. The van der Waals surface area contributed by atoms with E-state index >= 15 is 0 Å². The first kappa shape index (κ1) is 13.1. The molecule has 0 bridgehead atoms. The Hall–Kier alpha value is -1.38. The molecule has 0 radical (unpaired) electrons. The number of aryl methyl sites for hydroxylation is 1. The van der Waals surface area contributed by atoms with Crippen molar-refractivity contribution in [2.24, 2.45) is 0 Å². The molecule has 0 aliphatic rings. The molecule has 0 fully saturated rings. The zero-order valence-corrected chi connectivity index (χ0v) is 11.4. The first-order valence-corrected chi connectivity index (χ1v) is 6.30. The number of phenolic OH excluding ortho intramolecular Hbond substituents is 1. The number of nitrogens with one attached hydrogen (secondary N) is 1. The number of anilines is 1. The number of aromatic hydroxyl groups is 1. The van der Waals surface area contributed by atoms with E-state index in [1.165, 1.54) is 0 Å². The van der Waals surface area contributed by atoms with E-state index in [4.69, 9.17) is 23.2 Å². The molecule has 0 heterocycles. The Kier molecular flexibility index (Phi) is 4.00. The fourth-order valence-electron chi connectivity index (χ4n) is 1.67. The highest BCUT2D eigenvalue weighted by molar-refractivity contribution is 6.34. The Morgan fingerprint density at radius 1 is 1.17 bits per heavy atom. The molecule has 2 aromatic rings. The first-order chi connectivity index (χ1) is 8.58. The molecular weight excluding hydrogens is 269 g/mol. The van der Waals surface area contributed by atoms with E-state index in [2.05, 4.69) is 5.32 Å². The molecule has 2 nitrogen and oxygen atoms in total. The van der Waals surface area contributed by atoms with Crippen molar-refractivity contribution in [2.75, 3.05) is 5.32 Å². The van der Waals surface area contributed by atoms with E-state index in [1.54, 1.807) is 18.2 Å². The molecule has 0 saturated heterocycles. The molecule has 0 unspecified atom stereocenters. The topological polar surface area (TPSA) is 32.3 Å². The normalized spacial score (nSPS) is 10.4. The van der Waals surface area contributed by atoms with Gasteiger partial charge in [-0.15, -0.1) is 0 Å². The third kappa shape index (κ3) is 2.89. The van der Waals surface area contributed by atoms with Crippen molar-refractivity contribution in [3.05, 3.63) is 57.6 Å². The van der Waals surface area contributed by atoms with Crippen molar-refractivity contribution >= 4 is 28.9 Å². The maximum absolute atomic E-state index is 9.71. The number of rotatable bonds is 3. The highest BCUT2D eigenvalue weighted by Gasteiger charge is 2.05. The Bertz CT molecular complexity index is 568. The molecule has 0 saturated carbocycles. The van der Waals surface area contributed by atoms with E-state index in [0.29, 0.717) is 16.6 Å². The van der Waals surface area contributed by atoms with Crippen LogP contribution in [0.25, 0.3) is 0 Å². The fourth-order valence-corrected chi connectivity index (χ4v) is 2.06. The zero-order valence-electron chi connectivity index (χ0n) is 9.87. The summed E-state index contributed by atoms with van der Waals surface area (Å²) in [6.07, 6.45) is 0. The number of halogens is 2. The van der Waals surface area contributed by atoms with Gasteiger partial charge < -0.3 is 10.4 Å². The molecule has 0 spiro atoms. The van der Waals surface area contributed by atoms with Gasteiger partial charge in [-0.25, -0.2) is 0 Å². The maximum Gasteiger partial charge on any atom is 0.120 e. The van der Waals surface area contributed by atoms with Crippen LogP contribution >= 0.6 is 23.2 Å². The number of hydrogen-bond donors (Lipinski definition) is 2. The number of phenols is 1. The van der Waals surface area contributed by atoms with E-state index in [9.17, 15) is 5.11 Å². The minimum absolute atomic E-state index is 0.218. The molecule has 0 aliphatic heterocycles. The second kappa shape index (κ2) is 5.51. The average Bonchev–Trinajstić information content (AvgIpc) is 2.35. The molecule has 94 valence electrons. The molecule has 2 rings (SSSR count). The minimum atomic E-state index is 0.218. The van der Waals surface area contributed by atoms with Gasteiger partial charge in [0.15, 0.2) is 0 Å². The summed E-state index contributed by atoms with van der Waals surface area (Å²) < 4.78 is 0. The minimum Gasteiger partial charge on any atom is -0.508 e. The molecule has 4 heteroatoms. The molecule has 0 atom stereocenters. The first-order valence-electron chi connectivity index (χ1n) is 5.54. The lowest BCUT2D eigenvalue weighted by Crippen LogP contribution is -2.00. The van der Waals surface area contributed by atoms with Crippen LogP contribution < -0.4 is 5.32 Å². The Labute approximate surface area is 116 Å². The molecule has 0 amide bonds. The van der Waals surface area contributed by atoms with Gasteiger partial charge in [0.25, 0.3) is 0 Å². The van der Waals surface area contributed by atoms with Crippen molar-refractivity contribution in [1.82, 2.24) is 0 Å². The lowest BCUT2D eigenvalue weighted by molar-refractivity contribution is 0.469. The Balaban J connectivity index is 2.16. The van der Waals surface area contributed by atoms with Crippen LogP contribution in [0.2, 0.25) is 10.0 Å². The highest BCUT2D eigenvalue weighted by Crippen LogP contribution is 2.27. The van der Waals surface area contributed by atoms with E-state index in [1.807, 2.05) is 25.1 Å². The van der Waals surface area contributed by atoms with E-state index in [0.717, 1.165) is 16.8 Å². The number of benzene rings is 2. The summed E-state index contributed by atoms with van der Waals surface area (Å²) in [5.74, 6) is 0.218. The highest BCUT2D eigenvalue weighted by atomic mass is 35.5. The van der Waals surface area contributed by atoms with Gasteiger partial charge in [0, 0.05) is 17.1 Å². The standard InChI is InChI=1S/C14H13Cl2NO/c1-9-3-2-4-12(14(9)16)17-8-10-7-11(15)5-6-13(10)18/h2-7,17-18H,8H2,1H3. The van der Waals surface area contributed by atoms with Crippen LogP contribution in [0, 0.1) is 6.92 Å². The van der Waals surface area contributed by atoms with E-state index < -0.39 is 0 Å². The maximum atomic E-state index is 9.71. The summed E-state index contributed by atoms with van der Waals surface area (Å²) in [4.78, 5) is 0. The van der Waals surface area contributed by atoms with Gasteiger partial charge >= 0.3 is 0 Å². The third-order valence-corrected chi connectivity index (χ3v) is 3.44. The Morgan fingerprint density at radius 3 is 2.72 bits per heavy atom. The van der Waals surface area contributed by atoms with E-state index in [-0.39, 0.29) is 5.75 Å². The zero-order chi connectivity index (χ0) is 13.1. The van der Waals surface area contributed by atoms with Gasteiger partial charge in [0.2, 0.25) is 0 Å². The predicted octanol–water partition coefficient (Wildman–Crippen LogP) is 4.62. The molecular formula is C14H13Cl2NO. The van der Waals surface area contributed by atoms with Crippen LogP contribution in [-0.4, -0.2) is 5.11 Å².